The number of rotatable bonds is 3. The van der Waals surface area contributed by atoms with E-state index in [1.54, 1.807) is 0 Å². The Morgan fingerprint density at radius 2 is 1.53 bits per heavy atom. The van der Waals surface area contributed by atoms with Crippen molar-refractivity contribution in [3.63, 3.8) is 0 Å². The fourth-order valence-electron chi connectivity index (χ4n) is 4.32. The number of amides is 2. The molecule has 0 aromatic heterocycles. The van der Waals surface area contributed by atoms with Crippen LogP contribution in [-0.4, -0.2) is 16.7 Å². The lowest BCUT2D eigenvalue weighted by Gasteiger charge is -2.45. The maximum absolute atomic E-state index is 13.6. The normalized spacial score (nSPS) is 21.3. The van der Waals surface area contributed by atoms with E-state index in [1.807, 2.05) is 104 Å². The molecule has 3 aromatic rings. The number of urea groups is 1. The Labute approximate surface area is 177 Å². The molecule has 4 nitrogen and oxygen atoms in total. The van der Waals surface area contributed by atoms with Gasteiger partial charge in [-0.05, 0) is 35.7 Å². The van der Waals surface area contributed by atoms with Gasteiger partial charge in [0.1, 0.15) is 5.78 Å². The van der Waals surface area contributed by atoms with Gasteiger partial charge in [0.25, 0.3) is 0 Å². The predicted molar refractivity (Wildman–Crippen MR) is 119 cm³/mol. The minimum Gasteiger partial charge on any atom is -0.309 e. The van der Waals surface area contributed by atoms with E-state index in [4.69, 9.17) is 0 Å². The van der Waals surface area contributed by atoms with Crippen molar-refractivity contribution in [2.75, 3.05) is 5.32 Å². The Morgan fingerprint density at radius 3 is 2.17 bits per heavy atom. The second-order valence-corrected chi connectivity index (χ2v) is 7.95. The molecule has 3 aromatic carbocycles. The average molecular weight is 399 g/mol. The summed E-state index contributed by atoms with van der Waals surface area (Å²) < 4.78 is 0. The molecule has 3 atom stereocenters. The third kappa shape index (κ3) is 3.99. The third-order valence-electron chi connectivity index (χ3n) is 5.84. The second kappa shape index (κ2) is 8.54. The Kier molecular flexibility index (Phi) is 5.66. The lowest BCUT2D eigenvalue weighted by molar-refractivity contribution is -0.129. The van der Waals surface area contributed by atoms with Gasteiger partial charge in [0.05, 0.1) is 12.1 Å². The number of carbonyl (C=O) groups excluding carboxylic acids is 2. The summed E-state index contributed by atoms with van der Waals surface area (Å²) in [5.41, 5.74) is 3.77. The molecule has 4 rings (SSSR count). The van der Waals surface area contributed by atoms with Crippen LogP contribution in [0.25, 0.3) is 0 Å². The smallest absolute Gasteiger partial charge is 0.309 e. The summed E-state index contributed by atoms with van der Waals surface area (Å²) in [5, 5.41) is 3.06. The molecule has 0 aliphatic carbocycles. The molecular weight excluding hydrogens is 372 g/mol. The predicted octanol–water partition coefficient (Wildman–Crippen LogP) is 5.92. The van der Waals surface area contributed by atoms with Crippen molar-refractivity contribution in [2.24, 2.45) is 5.92 Å². The lowest BCUT2D eigenvalue weighted by Crippen LogP contribution is -2.49. The van der Waals surface area contributed by atoms with Crippen molar-refractivity contribution in [3.05, 3.63) is 102 Å². The van der Waals surface area contributed by atoms with E-state index in [-0.39, 0.29) is 29.8 Å². The maximum Gasteiger partial charge on any atom is 0.322 e. The molecule has 30 heavy (non-hydrogen) atoms. The van der Waals surface area contributed by atoms with Gasteiger partial charge < -0.3 is 10.2 Å². The van der Waals surface area contributed by atoms with Crippen LogP contribution in [0.15, 0.2) is 84.9 Å². The van der Waals surface area contributed by atoms with Gasteiger partial charge in [-0.15, -0.1) is 0 Å². The van der Waals surface area contributed by atoms with Gasteiger partial charge >= 0.3 is 6.03 Å². The van der Waals surface area contributed by atoms with Crippen molar-refractivity contribution in [2.45, 2.75) is 32.4 Å². The molecule has 4 heteroatoms. The zero-order valence-electron chi connectivity index (χ0n) is 17.3. The van der Waals surface area contributed by atoms with Crippen LogP contribution in [0.4, 0.5) is 10.5 Å². The summed E-state index contributed by atoms with van der Waals surface area (Å²) in [7, 11) is 0. The summed E-state index contributed by atoms with van der Waals surface area (Å²) in [6.07, 6.45) is 0.315. The number of hydrogen-bond donors (Lipinski definition) is 1. The van der Waals surface area contributed by atoms with Gasteiger partial charge in [0.15, 0.2) is 0 Å². The first-order chi connectivity index (χ1) is 14.5. The molecule has 2 amide bonds. The summed E-state index contributed by atoms with van der Waals surface area (Å²) in [6, 6.07) is 26.6. The molecule has 3 unspecified atom stereocenters. The Morgan fingerprint density at radius 1 is 0.900 bits per heavy atom. The topological polar surface area (TPSA) is 49.4 Å². The number of nitrogens with zero attached hydrogens (tertiary/aromatic N) is 1. The molecule has 1 heterocycles. The lowest BCUT2D eigenvalue weighted by atomic mass is 9.80. The first kappa shape index (κ1) is 19.9. The molecule has 0 bridgehead atoms. The summed E-state index contributed by atoms with van der Waals surface area (Å²) in [5.74, 6) is -0.104. The molecule has 1 aliphatic heterocycles. The molecule has 0 radical (unpaired) electrons. The average Bonchev–Trinajstić information content (AvgIpc) is 2.76. The molecule has 152 valence electrons. The van der Waals surface area contributed by atoms with E-state index in [0.717, 1.165) is 22.4 Å². The van der Waals surface area contributed by atoms with Crippen molar-refractivity contribution in [3.8, 4) is 0 Å². The molecule has 1 saturated heterocycles. The van der Waals surface area contributed by atoms with E-state index in [1.165, 1.54) is 0 Å². The summed E-state index contributed by atoms with van der Waals surface area (Å²) in [6.45, 7) is 3.92. The minimum atomic E-state index is -0.331. The van der Waals surface area contributed by atoms with Crippen LogP contribution in [-0.2, 0) is 4.79 Å². The van der Waals surface area contributed by atoms with Gasteiger partial charge in [0.2, 0.25) is 0 Å². The minimum absolute atomic E-state index is 0.178. The summed E-state index contributed by atoms with van der Waals surface area (Å²) in [4.78, 5) is 28.4. The van der Waals surface area contributed by atoms with Gasteiger partial charge in [-0.3, -0.25) is 4.79 Å². The number of Topliss-reactive ketones (excluding diaryl/α,β-unsaturated/α-hetero) is 1. The largest absolute Gasteiger partial charge is 0.322 e. The van der Waals surface area contributed by atoms with Crippen LogP contribution in [0.1, 0.15) is 42.1 Å². The highest BCUT2D eigenvalue weighted by Gasteiger charge is 2.44. The highest BCUT2D eigenvalue weighted by atomic mass is 16.2. The standard InChI is InChI=1S/C26H26N2O2/c1-18-10-9-15-22(16-18)27-26(30)28-23(20-11-5-3-6-12-20)17-24(29)19(2)25(28)21-13-7-4-8-14-21/h3-16,19,23,25H,17H2,1-2H3,(H,27,30). The van der Waals surface area contributed by atoms with E-state index < -0.39 is 0 Å². The summed E-state index contributed by atoms with van der Waals surface area (Å²) >= 11 is 0. The molecular formula is C26H26N2O2. The number of hydrogen-bond acceptors (Lipinski definition) is 2. The zero-order chi connectivity index (χ0) is 21.1. The zero-order valence-corrected chi connectivity index (χ0v) is 17.3. The number of aryl methyl sites for hydroxylation is 1. The SMILES string of the molecule is Cc1cccc(NC(=O)N2C(c3ccccc3)CC(=O)C(C)C2c2ccccc2)c1. The fourth-order valence-corrected chi connectivity index (χ4v) is 4.32. The number of nitrogens with one attached hydrogen (secondary N) is 1. The molecule has 0 spiro atoms. The van der Waals surface area contributed by atoms with Crippen LogP contribution in [0.2, 0.25) is 0 Å². The van der Waals surface area contributed by atoms with Gasteiger partial charge in [-0.1, -0.05) is 79.7 Å². The van der Waals surface area contributed by atoms with Crippen molar-refractivity contribution in [1.82, 2.24) is 4.90 Å². The van der Waals surface area contributed by atoms with Crippen LogP contribution in [0.5, 0.6) is 0 Å². The first-order valence-corrected chi connectivity index (χ1v) is 10.3. The van der Waals surface area contributed by atoms with E-state index in [9.17, 15) is 9.59 Å². The molecule has 1 fully saturated rings. The number of likely N-dealkylation sites (tertiary alicyclic amines) is 1. The highest BCUT2D eigenvalue weighted by Crippen LogP contribution is 2.43. The Bertz CT molecular complexity index is 1030. The number of anilines is 1. The van der Waals surface area contributed by atoms with Crippen LogP contribution >= 0.6 is 0 Å². The van der Waals surface area contributed by atoms with E-state index in [2.05, 4.69) is 5.32 Å². The number of piperidine rings is 1. The second-order valence-electron chi connectivity index (χ2n) is 7.95. The third-order valence-corrected chi connectivity index (χ3v) is 5.84. The van der Waals surface area contributed by atoms with Crippen molar-refractivity contribution >= 4 is 17.5 Å². The van der Waals surface area contributed by atoms with Crippen LogP contribution in [0.3, 0.4) is 0 Å². The molecule has 1 N–H and O–H groups in total. The van der Waals surface area contributed by atoms with Gasteiger partial charge in [-0.25, -0.2) is 4.79 Å². The van der Waals surface area contributed by atoms with Crippen LogP contribution in [0, 0.1) is 12.8 Å². The van der Waals surface area contributed by atoms with Gasteiger partial charge in [-0.2, -0.15) is 0 Å². The van der Waals surface area contributed by atoms with E-state index >= 15 is 0 Å². The Hall–Kier alpha value is -3.40. The molecule has 0 saturated carbocycles. The Balaban J connectivity index is 1.77. The van der Waals surface area contributed by atoms with Crippen molar-refractivity contribution < 1.29 is 9.59 Å². The maximum atomic E-state index is 13.6. The van der Waals surface area contributed by atoms with Crippen molar-refractivity contribution in [1.29, 1.82) is 0 Å². The quantitative estimate of drug-likeness (QED) is 0.595. The monoisotopic (exact) mass is 398 g/mol. The highest BCUT2D eigenvalue weighted by molar-refractivity contribution is 5.93. The molecule has 1 aliphatic rings. The number of benzene rings is 3. The first-order valence-electron chi connectivity index (χ1n) is 10.3. The van der Waals surface area contributed by atoms with Crippen LogP contribution < -0.4 is 5.32 Å². The van der Waals surface area contributed by atoms with E-state index in [0.29, 0.717) is 6.42 Å². The number of ketones is 1. The van der Waals surface area contributed by atoms with Gasteiger partial charge in [0, 0.05) is 18.0 Å². The fraction of sp³-hybridized carbons (Fsp3) is 0.231. The number of carbonyl (C=O) groups is 2.